The Morgan fingerprint density at radius 1 is 0.862 bits per heavy atom. The molecule has 0 radical (unpaired) electrons. The lowest BCUT2D eigenvalue weighted by molar-refractivity contribution is -0.182. The summed E-state index contributed by atoms with van der Waals surface area (Å²) in [5, 5.41) is 12.6. The molecule has 1 N–H and O–H groups in total. The average molecular weight is 396 g/mol. The summed E-state index contributed by atoms with van der Waals surface area (Å²) in [4.78, 5) is 0. The third kappa shape index (κ3) is 3.34. The van der Waals surface area contributed by atoms with Gasteiger partial charge in [-0.1, -0.05) is 24.3 Å². The summed E-state index contributed by atoms with van der Waals surface area (Å²) in [6.45, 7) is 1.23. The quantitative estimate of drug-likeness (QED) is 0.676. The first-order valence-electron chi connectivity index (χ1n) is 9.46. The van der Waals surface area contributed by atoms with Crippen LogP contribution in [0.5, 0.6) is 23.0 Å². The summed E-state index contributed by atoms with van der Waals surface area (Å²) in [5.41, 5.74) is 2.08. The highest BCUT2D eigenvalue weighted by atomic mass is 16.7. The normalized spacial score (nSPS) is 14.7. The predicted octanol–water partition coefficient (Wildman–Crippen LogP) is 4.67. The molecule has 0 saturated carbocycles. The molecule has 0 spiro atoms. The van der Waals surface area contributed by atoms with E-state index in [4.69, 9.17) is 23.7 Å². The van der Waals surface area contributed by atoms with Crippen LogP contribution < -0.4 is 14.2 Å². The lowest BCUT2D eigenvalue weighted by Crippen LogP contribution is -2.18. The topological polar surface area (TPSA) is 66.4 Å². The third-order valence-electron chi connectivity index (χ3n) is 5.13. The van der Waals surface area contributed by atoms with Crippen molar-refractivity contribution in [1.29, 1.82) is 0 Å². The van der Waals surface area contributed by atoms with Gasteiger partial charge in [0.1, 0.15) is 23.0 Å². The number of fused-ring (bicyclic) bond motifs is 1. The van der Waals surface area contributed by atoms with Crippen molar-refractivity contribution in [2.75, 3.05) is 34.5 Å². The number of phenolic OH excluding ortho intramolecular Hbond substituents is 1. The van der Waals surface area contributed by atoms with Crippen molar-refractivity contribution >= 4 is 10.8 Å². The molecule has 6 nitrogen and oxygen atoms in total. The maximum Gasteiger partial charge on any atom is 0.184 e. The van der Waals surface area contributed by atoms with E-state index in [1.165, 1.54) is 0 Å². The van der Waals surface area contributed by atoms with Gasteiger partial charge < -0.3 is 28.8 Å². The Hall–Kier alpha value is -2.96. The molecule has 0 unspecified atom stereocenters. The SMILES string of the molecule is COc1cccc(C2OCCCO2)c1-c1cc(OC)c2c(OC)cccc2c1O. The van der Waals surface area contributed by atoms with Gasteiger partial charge in [0, 0.05) is 22.1 Å². The second-order valence-corrected chi connectivity index (χ2v) is 6.71. The Morgan fingerprint density at radius 3 is 2.21 bits per heavy atom. The molecule has 152 valence electrons. The van der Waals surface area contributed by atoms with Crippen molar-refractivity contribution in [2.45, 2.75) is 12.7 Å². The monoisotopic (exact) mass is 396 g/mol. The molecule has 4 rings (SSSR count). The number of hydrogen-bond acceptors (Lipinski definition) is 6. The number of methoxy groups -OCH3 is 3. The average Bonchev–Trinajstić information content (AvgIpc) is 2.79. The Labute approximate surface area is 169 Å². The number of aromatic hydroxyl groups is 1. The van der Waals surface area contributed by atoms with Crippen molar-refractivity contribution in [3.8, 4) is 34.1 Å². The third-order valence-corrected chi connectivity index (χ3v) is 5.13. The molecule has 0 bridgehead atoms. The summed E-state index contributed by atoms with van der Waals surface area (Å²) in [6.07, 6.45) is 0.324. The molecule has 1 aliphatic heterocycles. The smallest absolute Gasteiger partial charge is 0.184 e. The Balaban J connectivity index is 2.01. The minimum Gasteiger partial charge on any atom is -0.507 e. The van der Waals surface area contributed by atoms with E-state index >= 15 is 0 Å². The van der Waals surface area contributed by atoms with Crippen LogP contribution in [-0.2, 0) is 9.47 Å². The molecule has 1 saturated heterocycles. The standard InChI is InChI=1S/C23H24O6/c1-25-17-9-5-8-15(23-28-11-6-12-29-23)20(17)16-13-19(27-3)21-14(22(16)24)7-4-10-18(21)26-2/h4-5,7-10,13,23-24H,6,11-12H2,1-3H3. The molecule has 29 heavy (non-hydrogen) atoms. The molecule has 0 amide bonds. The maximum absolute atomic E-state index is 11.2. The molecule has 1 fully saturated rings. The van der Waals surface area contributed by atoms with E-state index in [0.717, 1.165) is 12.0 Å². The Bertz CT molecular complexity index is 1020. The summed E-state index contributed by atoms with van der Waals surface area (Å²) in [7, 11) is 4.79. The molecule has 0 atom stereocenters. The number of hydrogen-bond donors (Lipinski definition) is 1. The van der Waals surface area contributed by atoms with Gasteiger partial charge in [-0.2, -0.15) is 0 Å². The van der Waals surface area contributed by atoms with Crippen LogP contribution in [0.3, 0.4) is 0 Å². The zero-order valence-electron chi connectivity index (χ0n) is 16.7. The first-order valence-corrected chi connectivity index (χ1v) is 9.46. The highest BCUT2D eigenvalue weighted by molar-refractivity contribution is 6.03. The van der Waals surface area contributed by atoms with E-state index in [-0.39, 0.29) is 5.75 Å². The fraction of sp³-hybridized carbons (Fsp3) is 0.304. The molecule has 0 aromatic heterocycles. The Morgan fingerprint density at radius 2 is 1.52 bits per heavy atom. The summed E-state index contributed by atoms with van der Waals surface area (Å²) < 4.78 is 28.4. The molecule has 1 aliphatic rings. The fourth-order valence-electron chi connectivity index (χ4n) is 3.79. The number of phenols is 1. The van der Waals surface area contributed by atoms with Crippen LogP contribution in [0.2, 0.25) is 0 Å². The minimum absolute atomic E-state index is 0.112. The zero-order chi connectivity index (χ0) is 20.4. The van der Waals surface area contributed by atoms with Gasteiger partial charge in [-0.05, 0) is 24.6 Å². The van der Waals surface area contributed by atoms with E-state index in [0.29, 0.717) is 52.4 Å². The maximum atomic E-state index is 11.2. The zero-order valence-corrected chi connectivity index (χ0v) is 16.7. The van der Waals surface area contributed by atoms with Gasteiger partial charge >= 0.3 is 0 Å². The van der Waals surface area contributed by atoms with Crippen LogP contribution in [0.15, 0.2) is 42.5 Å². The number of benzene rings is 3. The van der Waals surface area contributed by atoms with Gasteiger partial charge in [0.2, 0.25) is 0 Å². The van der Waals surface area contributed by atoms with Crippen molar-refractivity contribution < 1.29 is 28.8 Å². The van der Waals surface area contributed by atoms with E-state index < -0.39 is 6.29 Å². The molecule has 0 aliphatic carbocycles. The van der Waals surface area contributed by atoms with Crippen molar-refractivity contribution in [3.63, 3.8) is 0 Å². The van der Waals surface area contributed by atoms with E-state index in [2.05, 4.69) is 0 Å². The first kappa shape index (κ1) is 19.4. The predicted molar refractivity (Wildman–Crippen MR) is 110 cm³/mol. The van der Waals surface area contributed by atoms with E-state index in [1.807, 2.05) is 36.4 Å². The molecular formula is C23H24O6. The van der Waals surface area contributed by atoms with E-state index in [9.17, 15) is 5.11 Å². The van der Waals surface area contributed by atoms with Gasteiger partial charge in [-0.3, -0.25) is 0 Å². The second kappa shape index (κ2) is 8.19. The lowest BCUT2D eigenvalue weighted by Gasteiger charge is -2.27. The van der Waals surface area contributed by atoms with Crippen LogP contribution in [0.4, 0.5) is 0 Å². The fourth-order valence-corrected chi connectivity index (χ4v) is 3.79. The minimum atomic E-state index is -0.528. The summed E-state index contributed by atoms with van der Waals surface area (Å²) in [5.74, 6) is 1.94. The lowest BCUT2D eigenvalue weighted by atomic mass is 9.93. The van der Waals surface area contributed by atoms with Crippen LogP contribution >= 0.6 is 0 Å². The van der Waals surface area contributed by atoms with E-state index in [1.54, 1.807) is 27.4 Å². The first-order chi connectivity index (χ1) is 14.2. The molecular weight excluding hydrogens is 372 g/mol. The Kier molecular flexibility index (Phi) is 5.47. The van der Waals surface area contributed by atoms with Crippen LogP contribution in [0.1, 0.15) is 18.3 Å². The van der Waals surface area contributed by atoms with Gasteiger partial charge in [0.05, 0.1) is 39.9 Å². The largest absolute Gasteiger partial charge is 0.507 e. The van der Waals surface area contributed by atoms with Crippen molar-refractivity contribution in [2.24, 2.45) is 0 Å². The van der Waals surface area contributed by atoms with Gasteiger partial charge in [0.15, 0.2) is 6.29 Å². The summed E-state index contributed by atoms with van der Waals surface area (Å²) >= 11 is 0. The van der Waals surface area contributed by atoms with Gasteiger partial charge in [0.25, 0.3) is 0 Å². The molecule has 6 heteroatoms. The van der Waals surface area contributed by atoms with Gasteiger partial charge in [-0.15, -0.1) is 0 Å². The second-order valence-electron chi connectivity index (χ2n) is 6.71. The highest BCUT2D eigenvalue weighted by Gasteiger charge is 2.26. The molecule has 3 aromatic rings. The van der Waals surface area contributed by atoms with Gasteiger partial charge in [-0.25, -0.2) is 0 Å². The van der Waals surface area contributed by atoms with Crippen molar-refractivity contribution in [3.05, 3.63) is 48.0 Å². The van der Waals surface area contributed by atoms with Crippen LogP contribution in [0.25, 0.3) is 21.9 Å². The highest BCUT2D eigenvalue weighted by Crippen LogP contribution is 2.49. The number of rotatable bonds is 5. The van der Waals surface area contributed by atoms with Crippen molar-refractivity contribution in [1.82, 2.24) is 0 Å². The molecule has 3 aromatic carbocycles. The van der Waals surface area contributed by atoms with Crippen LogP contribution in [-0.4, -0.2) is 39.6 Å². The molecule has 1 heterocycles. The number of ether oxygens (including phenoxy) is 5. The summed E-state index contributed by atoms with van der Waals surface area (Å²) in [6, 6.07) is 13.0. The van der Waals surface area contributed by atoms with Crippen LogP contribution in [0, 0.1) is 0 Å².